The SMILES string of the molecule is CC(C)Oc1cncc(C2CCCCC2C(=O)O)c1. The fourth-order valence-corrected chi connectivity index (χ4v) is 2.80. The van der Waals surface area contributed by atoms with Crippen LogP contribution in [0.5, 0.6) is 5.75 Å². The summed E-state index contributed by atoms with van der Waals surface area (Å²) < 4.78 is 5.63. The number of carbonyl (C=O) groups is 1. The molecule has 0 saturated heterocycles. The van der Waals surface area contributed by atoms with E-state index in [0.29, 0.717) is 0 Å². The summed E-state index contributed by atoms with van der Waals surface area (Å²) >= 11 is 0. The van der Waals surface area contributed by atoms with Crippen LogP contribution in [-0.4, -0.2) is 22.2 Å². The maximum Gasteiger partial charge on any atom is 0.307 e. The van der Waals surface area contributed by atoms with Crippen molar-refractivity contribution in [2.45, 2.75) is 51.6 Å². The summed E-state index contributed by atoms with van der Waals surface area (Å²) in [5.41, 5.74) is 0.991. The van der Waals surface area contributed by atoms with Crippen molar-refractivity contribution in [2.75, 3.05) is 0 Å². The van der Waals surface area contributed by atoms with Crippen molar-refractivity contribution in [3.8, 4) is 5.75 Å². The van der Waals surface area contributed by atoms with E-state index >= 15 is 0 Å². The van der Waals surface area contributed by atoms with E-state index in [0.717, 1.165) is 37.0 Å². The Balaban J connectivity index is 2.21. The first-order valence-corrected chi connectivity index (χ1v) is 6.92. The van der Waals surface area contributed by atoms with Crippen LogP contribution < -0.4 is 4.74 Å². The second-order valence-electron chi connectivity index (χ2n) is 5.46. The molecule has 1 aliphatic carbocycles. The number of carboxylic acids is 1. The van der Waals surface area contributed by atoms with Gasteiger partial charge in [0.1, 0.15) is 5.75 Å². The van der Waals surface area contributed by atoms with Gasteiger partial charge in [-0.2, -0.15) is 0 Å². The van der Waals surface area contributed by atoms with Crippen LogP contribution in [-0.2, 0) is 4.79 Å². The summed E-state index contributed by atoms with van der Waals surface area (Å²) in [6, 6.07) is 1.94. The highest BCUT2D eigenvalue weighted by molar-refractivity contribution is 5.71. The number of rotatable bonds is 4. The Hall–Kier alpha value is -1.58. The maximum atomic E-state index is 11.3. The molecule has 104 valence electrons. The van der Waals surface area contributed by atoms with Crippen LogP contribution >= 0.6 is 0 Å². The first-order chi connectivity index (χ1) is 9.08. The van der Waals surface area contributed by atoms with E-state index in [9.17, 15) is 9.90 Å². The van der Waals surface area contributed by atoms with Crippen LogP contribution in [0.15, 0.2) is 18.5 Å². The van der Waals surface area contributed by atoms with Crippen LogP contribution in [0.4, 0.5) is 0 Å². The van der Waals surface area contributed by atoms with Gasteiger partial charge in [-0.1, -0.05) is 12.8 Å². The molecule has 2 rings (SSSR count). The van der Waals surface area contributed by atoms with Crippen LogP contribution in [0.1, 0.15) is 51.0 Å². The van der Waals surface area contributed by atoms with Crippen molar-refractivity contribution in [1.29, 1.82) is 0 Å². The number of pyridine rings is 1. The molecule has 0 radical (unpaired) electrons. The van der Waals surface area contributed by atoms with Crippen LogP contribution in [0, 0.1) is 5.92 Å². The normalized spacial score (nSPS) is 23.3. The molecule has 0 spiro atoms. The van der Waals surface area contributed by atoms with Crippen LogP contribution in [0.25, 0.3) is 0 Å². The lowest BCUT2D eigenvalue weighted by atomic mass is 9.76. The number of ether oxygens (including phenoxy) is 1. The molecule has 2 atom stereocenters. The highest BCUT2D eigenvalue weighted by Gasteiger charge is 2.32. The monoisotopic (exact) mass is 263 g/mol. The summed E-state index contributed by atoms with van der Waals surface area (Å²) in [5, 5.41) is 9.33. The van der Waals surface area contributed by atoms with Crippen molar-refractivity contribution in [1.82, 2.24) is 4.98 Å². The fourth-order valence-electron chi connectivity index (χ4n) is 2.80. The Morgan fingerprint density at radius 2 is 2.11 bits per heavy atom. The van der Waals surface area contributed by atoms with E-state index in [1.54, 1.807) is 12.4 Å². The lowest BCUT2D eigenvalue weighted by molar-refractivity contribution is -0.143. The van der Waals surface area contributed by atoms with E-state index in [4.69, 9.17) is 4.74 Å². The summed E-state index contributed by atoms with van der Waals surface area (Å²) in [7, 11) is 0. The first kappa shape index (κ1) is 13.8. The van der Waals surface area contributed by atoms with Gasteiger partial charge in [0.15, 0.2) is 0 Å². The zero-order valence-corrected chi connectivity index (χ0v) is 11.5. The molecule has 1 heterocycles. The Kier molecular flexibility index (Phi) is 4.40. The molecule has 0 amide bonds. The van der Waals surface area contributed by atoms with Gasteiger partial charge >= 0.3 is 5.97 Å². The fraction of sp³-hybridized carbons (Fsp3) is 0.600. The minimum atomic E-state index is -0.695. The van der Waals surface area contributed by atoms with E-state index in [-0.39, 0.29) is 17.9 Å². The number of carboxylic acid groups (broad SMARTS) is 1. The number of hydrogen-bond acceptors (Lipinski definition) is 3. The molecule has 0 bridgehead atoms. The molecular formula is C15H21NO3. The average Bonchev–Trinajstić information content (AvgIpc) is 2.38. The summed E-state index contributed by atoms with van der Waals surface area (Å²) in [6.45, 7) is 3.93. The van der Waals surface area contributed by atoms with E-state index < -0.39 is 5.97 Å². The standard InChI is InChI=1S/C15H21NO3/c1-10(2)19-12-7-11(8-16-9-12)13-5-3-4-6-14(13)15(17)18/h7-10,13-14H,3-6H2,1-2H3,(H,17,18). The molecule has 1 saturated carbocycles. The minimum absolute atomic E-state index is 0.0643. The van der Waals surface area contributed by atoms with Gasteiger partial charge in [-0.3, -0.25) is 9.78 Å². The maximum absolute atomic E-state index is 11.3. The summed E-state index contributed by atoms with van der Waals surface area (Å²) in [5.74, 6) is -0.193. The van der Waals surface area contributed by atoms with Crippen molar-refractivity contribution in [3.63, 3.8) is 0 Å². The van der Waals surface area contributed by atoms with Gasteiger partial charge < -0.3 is 9.84 Å². The largest absolute Gasteiger partial charge is 0.489 e. The molecule has 19 heavy (non-hydrogen) atoms. The minimum Gasteiger partial charge on any atom is -0.489 e. The molecule has 1 N–H and O–H groups in total. The van der Waals surface area contributed by atoms with Gasteiger partial charge in [0.25, 0.3) is 0 Å². The number of nitrogens with zero attached hydrogens (tertiary/aromatic N) is 1. The Bertz CT molecular complexity index is 445. The molecule has 1 aromatic heterocycles. The molecule has 4 heteroatoms. The molecule has 0 aromatic carbocycles. The Labute approximate surface area is 113 Å². The predicted octanol–water partition coefficient (Wildman–Crippen LogP) is 3.23. The zero-order valence-electron chi connectivity index (χ0n) is 11.5. The van der Waals surface area contributed by atoms with Gasteiger partial charge in [0.2, 0.25) is 0 Å². The molecule has 1 aliphatic rings. The van der Waals surface area contributed by atoms with Crippen LogP contribution in [0.2, 0.25) is 0 Å². The van der Waals surface area contributed by atoms with E-state index in [2.05, 4.69) is 4.98 Å². The summed E-state index contributed by atoms with van der Waals surface area (Å²) in [4.78, 5) is 15.5. The topological polar surface area (TPSA) is 59.4 Å². The van der Waals surface area contributed by atoms with Gasteiger partial charge in [-0.15, -0.1) is 0 Å². The molecule has 0 aliphatic heterocycles. The van der Waals surface area contributed by atoms with Gasteiger partial charge in [-0.05, 0) is 44.2 Å². The number of aromatic nitrogens is 1. The highest BCUT2D eigenvalue weighted by atomic mass is 16.5. The molecule has 1 aromatic rings. The van der Waals surface area contributed by atoms with Crippen molar-refractivity contribution >= 4 is 5.97 Å². The smallest absolute Gasteiger partial charge is 0.307 e. The van der Waals surface area contributed by atoms with Crippen molar-refractivity contribution in [3.05, 3.63) is 24.0 Å². The van der Waals surface area contributed by atoms with Crippen molar-refractivity contribution in [2.24, 2.45) is 5.92 Å². The third kappa shape index (κ3) is 3.46. The first-order valence-electron chi connectivity index (χ1n) is 6.92. The third-order valence-corrected chi connectivity index (χ3v) is 3.62. The quantitative estimate of drug-likeness (QED) is 0.906. The van der Waals surface area contributed by atoms with Gasteiger partial charge in [0.05, 0.1) is 18.2 Å². The second-order valence-corrected chi connectivity index (χ2v) is 5.46. The van der Waals surface area contributed by atoms with Crippen molar-refractivity contribution < 1.29 is 14.6 Å². The summed E-state index contributed by atoms with van der Waals surface area (Å²) in [6.07, 6.45) is 7.33. The number of aliphatic carboxylic acids is 1. The highest BCUT2D eigenvalue weighted by Crippen LogP contribution is 2.38. The molecule has 2 unspecified atom stereocenters. The third-order valence-electron chi connectivity index (χ3n) is 3.62. The predicted molar refractivity (Wildman–Crippen MR) is 72.3 cm³/mol. The average molecular weight is 263 g/mol. The van der Waals surface area contributed by atoms with Crippen LogP contribution in [0.3, 0.4) is 0 Å². The Morgan fingerprint density at radius 1 is 1.37 bits per heavy atom. The van der Waals surface area contributed by atoms with Gasteiger partial charge in [0, 0.05) is 6.20 Å². The molecular weight excluding hydrogens is 242 g/mol. The van der Waals surface area contributed by atoms with E-state index in [1.165, 1.54) is 0 Å². The lowest BCUT2D eigenvalue weighted by Gasteiger charge is -2.28. The lowest BCUT2D eigenvalue weighted by Crippen LogP contribution is -2.25. The number of hydrogen-bond donors (Lipinski definition) is 1. The second kappa shape index (κ2) is 6.04. The molecule has 4 nitrogen and oxygen atoms in total. The molecule has 1 fully saturated rings. The van der Waals surface area contributed by atoms with E-state index in [1.807, 2.05) is 19.9 Å². The zero-order chi connectivity index (χ0) is 13.8. The Morgan fingerprint density at radius 3 is 2.79 bits per heavy atom. The van der Waals surface area contributed by atoms with Gasteiger partial charge in [-0.25, -0.2) is 0 Å².